The van der Waals surface area contributed by atoms with Crippen molar-refractivity contribution < 1.29 is 23.8 Å². The second kappa shape index (κ2) is 11.0. The minimum absolute atomic E-state index is 0.0565. The molecule has 7 nitrogen and oxygen atoms in total. The van der Waals surface area contributed by atoms with Gasteiger partial charge >= 0.3 is 5.97 Å². The second-order valence-corrected chi connectivity index (χ2v) is 10.4. The summed E-state index contributed by atoms with van der Waals surface area (Å²) in [5.41, 5.74) is 1.99. The Hall–Kier alpha value is -4.02. The van der Waals surface area contributed by atoms with Crippen LogP contribution >= 0.6 is 27.3 Å². The Morgan fingerprint density at radius 3 is 2.56 bits per heavy atom. The van der Waals surface area contributed by atoms with Crippen molar-refractivity contribution in [2.45, 2.75) is 13.0 Å². The van der Waals surface area contributed by atoms with E-state index in [1.807, 2.05) is 30.3 Å². The highest BCUT2D eigenvalue weighted by atomic mass is 79.9. The molecule has 0 radical (unpaired) electrons. The van der Waals surface area contributed by atoms with E-state index in [9.17, 15) is 19.1 Å². The Bertz CT molecular complexity index is 1780. The van der Waals surface area contributed by atoms with Gasteiger partial charge in [0, 0.05) is 5.56 Å². The van der Waals surface area contributed by atoms with Crippen molar-refractivity contribution in [2.75, 3.05) is 13.7 Å². The number of halogens is 2. The van der Waals surface area contributed by atoms with Gasteiger partial charge in [-0.3, -0.25) is 9.36 Å². The average molecular weight is 609 g/mol. The van der Waals surface area contributed by atoms with Crippen LogP contribution in [-0.2, 0) is 9.53 Å². The van der Waals surface area contributed by atoms with Gasteiger partial charge in [-0.25, -0.2) is 14.2 Å². The van der Waals surface area contributed by atoms with E-state index in [4.69, 9.17) is 14.5 Å². The fourth-order valence-electron chi connectivity index (χ4n) is 4.38. The topological polar surface area (TPSA) is 90.1 Å². The molecule has 0 bridgehead atoms. The SMILES string of the molecule is CCOC(=O)C1=C(c2ccccc2)N=c2sc(=Cc3cc(Br)c(O)c(OC)c3)c(=O)n2[C@@H]1c1ccc(F)cc1. The number of rotatable bonds is 6. The van der Waals surface area contributed by atoms with Crippen molar-refractivity contribution in [3.8, 4) is 11.5 Å². The third kappa shape index (κ3) is 5.05. The normalized spacial score (nSPS) is 15.1. The predicted molar refractivity (Wildman–Crippen MR) is 150 cm³/mol. The van der Waals surface area contributed by atoms with Crippen LogP contribution in [0.4, 0.5) is 4.39 Å². The number of hydrogen-bond donors (Lipinski definition) is 1. The molecular formula is C29H22BrFN2O5S. The first-order valence-electron chi connectivity index (χ1n) is 11.9. The zero-order chi connectivity index (χ0) is 27.7. The van der Waals surface area contributed by atoms with Gasteiger partial charge in [-0.2, -0.15) is 0 Å². The van der Waals surface area contributed by atoms with Gasteiger partial charge in [0.05, 0.1) is 40.0 Å². The number of benzene rings is 3. The number of fused-ring (bicyclic) bond motifs is 1. The number of aromatic hydroxyl groups is 1. The van der Waals surface area contributed by atoms with Crippen LogP contribution < -0.4 is 19.6 Å². The van der Waals surface area contributed by atoms with Crippen molar-refractivity contribution in [1.29, 1.82) is 0 Å². The summed E-state index contributed by atoms with van der Waals surface area (Å²) in [4.78, 5) is 32.4. The molecule has 10 heteroatoms. The summed E-state index contributed by atoms with van der Waals surface area (Å²) in [5.74, 6) is -0.874. The summed E-state index contributed by atoms with van der Waals surface area (Å²) in [6.07, 6.45) is 1.66. The fourth-order valence-corrected chi connectivity index (χ4v) is 5.85. The van der Waals surface area contributed by atoms with Crippen molar-refractivity contribution in [3.63, 3.8) is 0 Å². The van der Waals surface area contributed by atoms with E-state index < -0.39 is 17.8 Å². The van der Waals surface area contributed by atoms with Crippen LogP contribution in [0.25, 0.3) is 11.8 Å². The van der Waals surface area contributed by atoms with Gasteiger partial charge in [0.1, 0.15) is 5.82 Å². The van der Waals surface area contributed by atoms with E-state index in [2.05, 4.69) is 15.9 Å². The Balaban J connectivity index is 1.82. The molecule has 1 aromatic heterocycles. The molecule has 0 amide bonds. The first-order chi connectivity index (χ1) is 18.8. The van der Waals surface area contributed by atoms with E-state index in [-0.39, 0.29) is 29.2 Å². The number of aromatic nitrogens is 1. The molecule has 1 aliphatic heterocycles. The minimum Gasteiger partial charge on any atom is -0.503 e. The summed E-state index contributed by atoms with van der Waals surface area (Å²) in [6.45, 7) is 1.83. The minimum atomic E-state index is -0.903. The third-order valence-corrected chi connectivity index (χ3v) is 7.72. The van der Waals surface area contributed by atoms with Crippen molar-refractivity contribution in [2.24, 2.45) is 4.99 Å². The highest BCUT2D eigenvalue weighted by Gasteiger charge is 2.35. The van der Waals surface area contributed by atoms with Gasteiger partial charge in [0.2, 0.25) is 0 Å². The van der Waals surface area contributed by atoms with E-state index in [0.29, 0.717) is 36.2 Å². The first-order valence-corrected chi connectivity index (χ1v) is 13.5. The number of phenols is 1. The van der Waals surface area contributed by atoms with Crippen LogP contribution in [0.2, 0.25) is 0 Å². The Labute approximate surface area is 234 Å². The van der Waals surface area contributed by atoms with Crippen LogP contribution in [-0.4, -0.2) is 29.4 Å². The molecule has 4 aromatic rings. The standard InChI is InChI=1S/C29H22BrFN2O5S/c1-3-38-28(36)23-24(17-7-5-4-6-8-17)32-29-33(25(23)18-9-11-19(31)12-10-18)27(35)22(39-29)15-16-13-20(30)26(34)21(14-16)37-2/h4-15,25,34H,3H2,1-2H3/t25-/m1/s1. The molecule has 198 valence electrons. The summed E-state index contributed by atoms with van der Waals surface area (Å²) < 4.78 is 26.7. The average Bonchev–Trinajstić information content (AvgIpc) is 3.25. The summed E-state index contributed by atoms with van der Waals surface area (Å²) in [6, 6.07) is 17.2. The Morgan fingerprint density at radius 2 is 1.90 bits per heavy atom. The largest absolute Gasteiger partial charge is 0.503 e. The van der Waals surface area contributed by atoms with Gasteiger partial charge in [-0.1, -0.05) is 53.8 Å². The van der Waals surface area contributed by atoms with Gasteiger partial charge in [0.15, 0.2) is 16.3 Å². The van der Waals surface area contributed by atoms with Crippen molar-refractivity contribution in [3.05, 3.63) is 119 Å². The zero-order valence-electron chi connectivity index (χ0n) is 20.9. The van der Waals surface area contributed by atoms with Gasteiger partial charge in [-0.15, -0.1) is 0 Å². The third-order valence-electron chi connectivity index (χ3n) is 6.13. The molecule has 0 aliphatic carbocycles. The predicted octanol–water partition coefficient (Wildman–Crippen LogP) is 4.55. The van der Waals surface area contributed by atoms with Crippen molar-refractivity contribution in [1.82, 2.24) is 4.57 Å². The number of nitrogens with zero attached hydrogens (tertiary/aromatic N) is 2. The second-order valence-electron chi connectivity index (χ2n) is 8.54. The van der Waals surface area contributed by atoms with E-state index >= 15 is 0 Å². The van der Waals surface area contributed by atoms with Crippen molar-refractivity contribution >= 4 is 45.0 Å². The molecule has 0 spiro atoms. The lowest BCUT2D eigenvalue weighted by Gasteiger charge is -2.25. The van der Waals surface area contributed by atoms with Crippen LogP contribution in [0.1, 0.15) is 29.7 Å². The lowest BCUT2D eigenvalue weighted by Crippen LogP contribution is -2.40. The number of carbonyl (C=O) groups excluding carboxylic acids is 1. The van der Waals surface area contributed by atoms with E-state index in [0.717, 1.165) is 11.3 Å². The number of ether oxygens (including phenoxy) is 2. The Morgan fingerprint density at radius 1 is 1.18 bits per heavy atom. The van der Waals surface area contributed by atoms with Crippen LogP contribution in [0.15, 0.2) is 86.6 Å². The van der Waals surface area contributed by atoms with E-state index in [1.165, 1.54) is 23.8 Å². The molecule has 0 saturated heterocycles. The maximum absolute atomic E-state index is 13.9. The van der Waals surface area contributed by atoms with Gasteiger partial charge in [0.25, 0.3) is 5.56 Å². The highest BCUT2D eigenvalue weighted by Crippen LogP contribution is 2.36. The molecule has 5 rings (SSSR count). The highest BCUT2D eigenvalue weighted by molar-refractivity contribution is 9.10. The van der Waals surface area contributed by atoms with E-state index in [1.54, 1.807) is 37.3 Å². The molecule has 1 atom stereocenters. The molecule has 0 fully saturated rings. The quantitative estimate of drug-likeness (QED) is 0.324. The lowest BCUT2D eigenvalue weighted by molar-refractivity contribution is -0.138. The lowest BCUT2D eigenvalue weighted by atomic mass is 9.93. The summed E-state index contributed by atoms with van der Waals surface area (Å²) in [7, 11) is 1.43. The number of esters is 1. The number of thiazole rings is 1. The zero-order valence-corrected chi connectivity index (χ0v) is 23.3. The molecule has 0 unspecified atom stereocenters. The summed E-state index contributed by atoms with van der Waals surface area (Å²) in [5, 5.41) is 10.2. The summed E-state index contributed by atoms with van der Waals surface area (Å²) >= 11 is 4.46. The molecule has 39 heavy (non-hydrogen) atoms. The van der Waals surface area contributed by atoms with Gasteiger partial charge < -0.3 is 14.6 Å². The van der Waals surface area contributed by atoms with Gasteiger partial charge in [-0.05, 0) is 64.3 Å². The number of methoxy groups -OCH3 is 1. The maximum atomic E-state index is 13.9. The number of hydrogen-bond acceptors (Lipinski definition) is 7. The number of carbonyl (C=O) groups is 1. The van der Waals surface area contributed by atoms with Crippen LogP contribution in [0.5, 0.6) is 11.5 Å². The molecule has 0 saturated carbocycles. The molecule has 3 aromatic carbocycles. The molecule has 1 aliphatic rings. The molecular weight excluding hydrogens is 587 g/mol. The van der Waals surface area contributed by atoms with Crippen LogP contribution in [0.3, 0.4) is 0 Å². The fraction of sp³-hybridized carbons (Fsp3) is 0.138. The first kappa shape index (κ1) is 26.6. The Kier molecular flexibility index (Phi) is 7.49. The molecule has 1 N–H and O–H groups in total. The smallest absolute Gasteiger partial charge is 0.338 e. The maximum Gasteiger partial charge on any atom is 0.338 e. The monoisotopic (exact) mass is 608 g/mol. The molecule has 2 heterocycles. The number of phenolic OH excluding ortho intramolecular Hbond substituents is 1. The van der Waals surface area contributed by atoms with Crippen LogP contribution in [0, 0.1) is 5.82 Å².